The molecule has 0 saturated heterocycles. The molecule has 3 atom stereocenters. The van der Waals surface area contributed by atoms with Crippen molar-refractivity contribution in [2.75, 3.05) is 6.54 Å². The van der Waals surface area contributed by atoms with Crippen molar-refractivity contribution < 1.29 is 37.4 Å². The summed E-state index contributed by atoms with van der Waals surface area (Å²) >= 11 is 0. The van der Waals surface area contributed by atoms with Crippen molar-refractivity contribution in [3.8, 4) is 0 Å². The van der Waals surface area contributed by atoms with Crippen LogP contribution < -0.4 is 16.0 Å². The summed E-state index contributed by atoms with van der Waals surface area (Å²) < 4.78 is 56.1. The molecule has 0 aliphatic heterocycles. The average molecular weight is 570 g/mol. The zero-order valence-corrected chi connectivity index (χ0v) is 22.9. The molecule has 0 aromatic heterocycles. The molecule has 5 N–H and O–H groups in total. The number of halogens is 4. The fourth-order valence-electron chi connectivity index (χ4n) is 4.35. The van der Waals surface area contributed by atoms with Crippen LogP contribution in [0.1, 0.15) is 62.6 Å². The molecule has 2 aromatic rings. The lowest BCUT2D eigenvalue weighted by Crippen LogP contribution is -2.54. The molecule has 0 fully saturated rings. The second kappa shape index (κ2) is 16.2. The normalized spacial score (nSPS) is 13.9. The number of carbonyl (C=O) groups is 2. The van der Waals surface area contributed by atoms with E-state index in [2.05, 4.69) is 10.6 Å². The zero-order chi connectivity index (χ0) is 29.7. The Balaban J connectivity index is 2.16. The van der Waals surface area contributed by atoms with E-state index in [9.17, 15) is 37.4 Å². The Morgan fingerprint density at radius 1 is 0.950 bits per heavy atom. The lowest BCUT2D eigenvalue weighted by Gasteiger charge is -2.28. The highest BCUT2D eigenvalue weighted by Crippen LogP contribution is 2.27. The van der Waals surface area contributed by atoms with E-state index in [-0.39, 0.29) is 31.4 Å². The smallest absolute Gasteiger partial charge is 0.405 e. The van der Waals surface area contributed by atoms with Crippen LogP contribution in [0.15, 0.2) is 42.5 Å². The van der Waals surface area contributed by atoms with Gasteiger partial charge in [0.25, 0.3) is 0 Å². The zero-order valence-electron chi connectivity index (χ0n) is 22.9. The third-order valence-electron chi connectivity index (χ3n) is 6.56. The molecule has 222 valence electrons. The minimum absolute atomic E-state index is 0.0226. The predicted octanol–water partition coefficient (Wildman–Crippen LogP) is 4.95. The van der Waals surface area contributed by atoms with Gasteiger partial charge >= 0.3 is 6.09 Å². The summed E-state index contributed by atoms with van der Waals surface area (Å²) in [5.74, 6) is -5.69. The summed E-state index contributed by atoms with van der Waals surface area (Å²) in [7, 11) is 0. The van der Waals surface area contributed by atoms with Crippen LogP contribution in [0.3, 0.4) is 0 Å². The molecule has 0 heterocycles. The Bertz CT molecular complexity index is 1080. The van der Waals surface area contributed by atoms with Gasteiger partial charge in [-0.3, -0.25) is 4.79 Å². The van der Waals surface area contributed by atoms with Crippen LogP contribution in [0.25, 0.3) is 0 Å². The summed E-state index contributed by atoms with van der Waals surface area (Å²) in [6, 6.07) is 7.98. The molecule has 2 rings (SSSR count). The number of hydrogen-bond donors (Lipinski definition) is 5. The van der Waals surface area contributed by atoms with Crippen molar-refractivity contribution in [2.45, 2.75) is 89.4 Å². The highest BCUT2D eigenvalue weighted by Gasteiger charge is 2.33. The van der Waals surface area contributed by atoms with Gasteiger partial charge in [-0.2, -0.15) is 0 Å². The molecule has 0 saturated carbocycles. The molecular weight excluding hydrogens is 530 g/mol. The Kier molecular flexibility index (Phi) is 13.4. The molecule has 2 aromatic carbocycles. The summed E-state index contributed by atoms with van der Waals surface area (Å²) in [6.07, 6.45) is -2.91. The number of aliphatic hydroxyl groups is 1. The van der Waals surface area contributed by atoms with Gasteiger partial charge in [-0.05, 0) is 54.5 Å². The van der Waals surface area contributed by atoms with E-state index in [0.29, 0.717) is 19.0 Å². The molecule has 7 nitrogen and oxygen atoms in total. The summed E-state index contributed by atoms with van der Waals surface area (Å²) in [6.45, 7) is 4.17. The van der Waals surface area contributed by atoms with Gasteiger partial charge in [-0.1, -0.05) is 44.5 Å². The maximum Gasteiger partial charge on any atom is 0.405 e. The van der Waals surface area contributed by atoms with Crippen LogP contribution in [0.5, 0.6) is 0 Å². The molecule has 0 unspecified atom stereocenters. The molecule has 11 heteroatoms. The van der Waals surface area contributed by atoms with Gasteiger partial charge in [0, 0.05) is 32.0 Å². The Morgan fingerprint density at radius 2 is 1.62 bits per heavy atom. The van der Waals surface area contributed by atoms with Crippen LogP contribution in [0.2, 0.25) is 0 Å². The van der Waals surface area contributed by atoms with Crippen molar-refractivity contribution in [3.05, 3.63) is 70.8 Å². The monoisotopic (exact) mass is 569 g/mol. The van der Waals surface area contributed by atoms with E-state index in [0.717, 1.165) is 29.7 Å². The van der Waals surface area contributed by atoms with Crippen molar-refractivity contribution >= 4 is 12.0 Å². The first-order chi connectivity index (χ1) is 18.9. The van der Waals surface area contributed by atoms with Crippen molar-refractivity contribution in [1.82, 2.24) is 16.0 Å². The van der Waals surface area contributed by atoms with Crippen LogP contribution in [-0.2, 0) is 24.2 Å². The number of hydrogen-bond acceptors (Lipinski definition) is 4. The topological polar surface area (TPSA) is 111 Å². The van der Waals surface area contributed by atoms with Gasteiger partial charge in [-0.15, -0.1) is 0 Å². The number of carboxylic acid groups (broad SMARTS) is 1. The minimum Gasteiger partial charge on any atom is -0.465 e. The molecule has 0 bridgehead atoms. The summed E-state index contributed by atoms with van der Waals surface area (Å²) in [4.78, 5) is 24.3. The third kappa shape index (κ3) is 11.9. The predicted molar refractivity (Wildman–Crippen MR) is 144 cm³/mol. The van der Waals surface area contributed by atoms with E-state index in [1.807, 2.05) is 36.5 Å². The third-order valence-corrected chi connectivity index (χ3v) is 6.56. The van der Waals surface area contributed by atoms with Gasteiger partial charge in [0.2, 0.25) is 11.8 Å². The number of benzene rings is 2. The second-order valence-electron chi connectivity index (χ2n) is 9.97. The van der Waals surface area contributed by atoms with Gasteiger partial charge in [0.15, 0.2) is 0 Å². The van der Waals surface area contributed by atoms with Gasteiger partial charge in [-0.25, -0.2) is 22.4 Å². The Hall–Kier alpha value is -3.18. The van der Waals surface area contributed by atoms with E-state index >= 15 is 0 Å². The number of aliphatic hydroxyl groups excluding tert-OH is 1. The first-order valence-electron chi connectivity index (χ1n) is 13.5. The lowest BCUT2D eigenvalue weighted by molar-refractivity contribution is -0.125. The first-order valence-corrected chi connectivity index (χ1v) is 13.5. The SMILES string of the molecule is CCCCC(F)(F)CC[C@@H](NC(=O)O)C(=O)N[C@@H](Cc1cc(F)cc(F)c1)[C@@H](O)CNCc1cccc(CC)c1. The van der Waals surface area contributed by atoms with E-state index < -0.39 is 60.6 Å². The molecular formula is C29H39F4N3O4. The molecule has 0 radical (unpaired) electrons. The van der Waals surface area contributed by atoms with Crippen LogP contribution >= 0.6 is 0 Å². The van der Waals surface area contributed by atoms with Crippen LogP contribution in [-0.4, -0.2) is 52.9 Å². The highest BCUT2D eigenvalue weighted by atomic mass is 19.3. The number of rotatable bonds is 17. The number of amides is 2. The number of unbranched alkanes of at least 4 members (excludes halogenated alkanes) is 1. The molecule has 0 aliphatic rings. The maximum absolute atomic E-state index is 14.2. The van der Waals surface area contributed by atoms with Gasteiger partial charge < -0.3 is 26.2 Å². The molecule has 0 aliphatic carbocycles. The van der Waals surface area contributed by atoms with Crippen molar-refractivity contribution in [2.24, 2.45) is 0 Å². The minimum atomic E-state index is -3.08. The number of aryl methyl sites for hydroxylation is 1. The van der Waals surface area contributed by atoms with Gasteiger partial charge in [0.1, 0.15) is 17.7 Å². The van der Waals surface area contributed by atoms with Crippen molar-refractivity contribution in [1.29, 1.82) is 0 Å². The van der Waals surface area contributed by atoms with E-state index in [1.165, 1.54) is 0 Å². The Morgan fingerprint density at radius 3 is 2.25 bits per heavy atom. The number of nitrogens with one attached hydrogen (secondary N) is 3. The summed E-state index contributed by atoms with van der Waals surface area (Å²) in [5, 5.41) is 27.7. The quantitative estimate of drug-likeness (QED) is 0.173. The number of alkyl halides is 2. The Labute approximate surface area is 232 Å². The maximum atomic E-state index is 14.2. The van der Waals surface area contributed by atoms with E-state index in [1.54, 1.807) is 6.92 Å². The van der Waals surface area contributed by atoms with Crippen molar-refractivity contribution in [3.63, 3.8) is 0 Å². The standard InChI is InChI=1S/C29H39F4N3O4/c1-3-5-10-29(32,33)11-9-24(36-28(39)40)27(38)35-25(15-21-13-22(30)16-23(31)14-21)26(37)18-34-17-20-8-6-7-19(4-2)12-20/h6-8,12-14,16,24-26,34,36-37H,3-5,9-11,15,17-18H2,1-2H3,(H,35,38)(H,39,40)/t24-,25+,26+/m1/s1. The highest BCUT2D eigenvalue weighted by molar-refractivity contribution is 5.85. The second-order valence-corrected chi connectivity index (χ2v) is 9.97. The van der Waals surface area contributed by atoms with E-state index in [4.69, 9.17) is 0 Å². The summed E-state index contributed by atoms with van der Waals surface area (Å²) in [5.41, 5.74) is 2.25. The number of carbonyl (C=O) groups excluding carboxylic acids is 1. The molecule has 2 amide bonds. The van der Waals surface area contributed by atoms with Gasteiger partial charge in [0.05, 0.1) is 12.1 Å². The van der Waals surface area contributed by atoms with Crippen LogP contribution in [0, 0.1) is 11.6 Å². The lowest BCUT2D eigenvalue weighted by atomic mass is 9.98. The van der Waals surface area contributed by atoms with Crippen LogP contribution in [0.4, 0.5) is 22.4 Å². The average Bonchev–Trinajstić information content (AvgIpc) is 2.88. The first kappa shape index (κ1) is 33.0. The largest absolute Gasteiger partial charge is 0.465 e. The fraction of sp³-hybridized carbons (Fsp3) is 0.517. The molecule has 0 spiro atoms. The fourth-order valence-corrected chi connectivity index (χ4v) is 4.35. The molecule has 40 heavy (non-hydrogen) atoms.